The fourth-order valence-corrected chi connectivity index (χ4v) is 3.34. The molecule has 0 radical (unpaired) electrons. The van der Waals surface area contributed by atoms with E-state index in [4.69, 9.17) is 5.73 Å². The zero-order valence-corrected chi connectivity index (χ0v) is 12.9. The molecule has 0 aliphatic heterocycles. The molecule has 1 heterocycles. The number of halogens is 1. The third-order valence-corrected chi connectivity index (χ3v) is 4.40. The van der Waals surface area contributed by atoms with Crippen LogP contribution in [0.25, 0.3) is 0 Å². The molecule has 0 amide bonds. The van der Waals surface area contributed by atoms with E-state index in [1.54, 1.807) is 0 Å². The first-order valence-electron chi connectivity index (χ1n) is 5.49. The standard InChI is InChI=1S/C12H21BrN2S/c1-12(2,14)6-5-10(15(3)4)11-7-9(13)8-16-11/h7-8,10H,5-6,14H2,1-4H3. The van der Waals surface area contributed by atoms with Crippen LogP contribution in [0.5, 0.6) is 0 Å². The summed E-state index contributed by atoms with van der Waals surface area (Å²) < 4.78 is 1.17. The van der Waals surface area contributed by atoms with Gasteiger partial charge in [0, 0.05) is 26.3 Å². The van der Waals surface area contributed by atoms with Gasteiger partial charge in [-0.1, -0.05) is 0 Å². The maximum atomic E-state index is 6.04. The molecule has 0 saturated carbocycles. The molecule has 1 atom stereocenters. The van der Waals surface area contributed by atoms with Crippen LogP contribution in [0.2, 0.25) is 0 Å². The van der Waals surface area contributed by atoms with Crippen molar-refractivity contribution in [1.29, 1.82) is 0 Å². The normalized spacial score (nSPS) is 14.4. The summed E-state index contributed by atoms with van der Waals surface area (Å²) in [6, 6.07) is 2.68. The molecule has 0 saturated heterocycles. The fourth-order valence-electron chi connectivity index (χ4n) is 1.67. The number of hydrogen-bond acceptors (Lipinski definition) is 3. The van der Waals surface area contributed by atoms with E-state index in [1.807, 2.05) is 11.3 Å². The molecule has 92 valence electrons. The lowest BCUT2D eigenvalue weighted by molar-refractivity contribution is 0.265. The summed E-state index contributed by atoms with van der Waals surface area (Å²) in [6.45, 7) is 4.17. The first-order chi connectivity index (χ1) is 7.29. The highest BCUT2D eigenvalue weighted by molar-refractivity contribution is 9.10. The quantitative estimate of drug-likeness (QED) is 0.900. The van der Waals surface area contributed by atoms with Crippen molar-refractivity contribution in [3.8, 4) is 0 Å². The molecule has 1 aromatic rings. The maximum Gasteiger partial charge on any atom is 0.0436 e. The minimum atomic E-state index is -0.0806. The third-order valence-electron chi connectivity index (χ3n) is 2.60. The van der Waals surface area contributed by atoms with E-state index < -0.39 is 0 Å². The molecule has 16 heavy (non-hydrogen) atoms. The molecular formula is C12H21BrN2S. The molecule has 2 N–H and O–H groups in total. The van der Waals surface area contributed by atoms with Crippen molar-refractivity contribution in [3.05, 3.63) is 20.8 Å². The fraction of sp³-hybridized carbons (Fsp3) is 0.667. The van der Waals surface area contributed by atoms with Crippen molar-refractivity contribution < 1.29 is 0 Å². The van der Waals surface area contributed by atoms with Crippen molar-refractivity contribution in [2.24, 2.45) is 5.73 Å². The molecule has 0 aromatic carbocycles. The van der Waals surface area contributed by atoms with Gasteiger partial charge in [0.2, 0.25) is 0 Å². The van der Waals surface area contributed by atoms with Crippen molar-refractivity contribution in [2.45, 2.75) is 38.3 Å². The number of rotatable bonds is 5. The van der Waals surface area contributed by atoms with Gasteiger partial charge in [0.15, 0.2) is 0 Å². The Bertz CT molecular complexity index is 328. The van der Waals surface area contributed by atoms with Gasteiger partial charge in [0.05, 0.1) is 0 Å². The molecule has 0 bridgehead atoms. The van der Waals surface area contributed by atoms with Gasteiger partial charge in [-0.2, -0.15) is 0 Å². The Balaban J connectivity index is 2.69. The molecule has 2 nitrogen and oxygen atoms in total. The Morgan fingerprint density at radius 1 is 1.50 bits per heavy atom. The molecular weight excluding hydrogens is 284 g/mol. The maximum absolute atomic E-state index is 6.04. The van der Waals surface area contributed by atoms with E-state index in [0.29, 0.717) is 6.04 Å². The van der Waals surface area contributed by atoms with E-state index in [2.05, 4.69) is 60.2 Å². The highest BCUT2D eigenvalue weighted by atomic mass is 79.9. The third kappa shape index (κ3) is 4.53. The smallest absolute Gasteiger partial charge is 0.0436 e. The Morgan fingerprint density at radius 2 is 2.12 bits per heavy atom. The lowest BCUT2D eigenvalue weighted by Gasteiger charge is -2.27. The van der Waals surface area contributed by atoms with E-state index in [1.165, 1.54) is 9.35 Å². The van der Waals surface area contributed by atoms with Gasteiger partial charge in [-0.3, -0.25) is 0 Å². The minimum Gasteiger partial charge on any atom is -0.326 e. The van der Waals surface area contributed by atoms with Crippen LogP contribution in [0.3, 0.4) is 0 Å². The van der Waals surface area contributed by atoms with Gasteiger partial charge in [-0.25, -0.2) is 0 Å². The predicted molar refractivity (Wildman–Crippen MR) is 75.9 cm³/mol. The van der Waals surface area contributed by atoms with Crippen molar-refractivity contribution in [2.75, 3.05) is 14.1 Å². The van der Waals surface area contributed by atoms with E-state index in [0.717, 1.165) is 12.8 Å². The van der Waals surface area contributed by atoms with Crippen molar-refractivity contribution >= 4 is 27.3 Å². The van der Waals surface area contributed by atoms with Gasteiger partial charge >= 0.3 is 0 Å². The lowest BCUT2D eigenvalue weighted by atomic mass is 9.96. The minimum absolute atomic E-state index is 0.0806. The first kappa shape index (κ1) is 14.2. The average Bonchev–Trinajstić information content (AvgIpc) is 2.49. The number of hydrogen-bond donors (Lipinski definition) is 1. The van der Waals surface area contributed by atoms with Crippen LogP contribution in [0.15, 0.2) is 15.9 Å². The predicted octanol–water partition coefficient (Wildman–Crippen LogP) is 3.63. The van der Waals surface area contributed by atoms with Crippen molar-refractivity contribution in [1.82, 2.24) is 4.90 Å². The van der Waals surface area contributed by atoms with E-state index in [9.17, 15) is 0 Å². The summed E-state index contributed by atoms with van der Waals surface area (Å²) in [4.78, 5) is 3.67. The Hall–Kier alpha value is 0.1000. The van der Waals surface area contributed by atoms with Crippen LogP contribution < -0.4 is 5.73 Å². The number of nitrogens with zero attached hydrogens (tertiary/aromatic N) is 1. The van der Waals surface area contributed by atoms with Gasteiger partial charge in [0.1, 0.15) is 0 Å². The highest BCUT2D eigenvalue weighted by Crippen LogP contribution is 2.32. The lowest BCUT2D eigenvalue weighted by Crippen LogP contribution is -2.33. The zero-order chi connectivity index (χ0) is 12.3. The van der Waals surface area contributed by atoms with Crippen LogP contribution in [0.4, 0.5) is 0 Å². The van der Waals surface area contributed by atoms with E-state index >= 15 is 0 Å². The van der Waals surface area contributed by atoms with Crippen molar-refractivity contribution in [3.63, 3.8) is 0 Å². The first-order valence-corrected chi connectivity index (χ1v) is 7.16. The Labute approximate surface area is 111 Å². The van der Waals surface area contributed by atoms with E-state index in [-0.39, 0.29) is 5.54 Å². The summed E-state index contributed by atoms with van der Waals surface area (Å²) >= 11 is 5.31. The second kappa shape index (κ2) is 5.63. The average molecular weight is 305 g/mol. The molecule has 0 spiro atoms. The summed E-state index contributed by atoms with van der Waals surface area (Å²) in [5.74, 6) is 0. The topological polar surface area (TPSA) is 29.3 Å². The number of nitrogens with two attached hydrogens (primary N) is 1. The highest BCUT2D eigenvalue weighted by Gasteiger charge is 2.19. The summed E-state index contributed by atoms with van der Waals surface area (Å²) in [5, 5.41) is 2.14. The SMILES string of the molecule is CN(C)C(CCC(C)(C)N)c1cc(Br)cs1. The summed E-state index contributed by atoms with van der Waals surface area (Å²) in [5.41, 5.74) is 5.96. The molecule has 1 unspecified atom stereocenters. The summed E-state index contributed by atoms with van der Waals surface area (Å²) in [6.07, 6.45) is 2.13. The molecule has 1 aromatic heterocycles. The van der Waals surface area contributed by atoms with Gasteiger partial charge in [0.25, 0.3) is 0 Å². The molecule has 0 aliphatic rings. The zero-order valence-electron chi connectivity index (χ0n) is 10.5. The molecule has 0 aliphatic carbocycles. The van der Waals surface area contributed by atoms with Crippen LogP contribution in [0, 0.1) is 0 Å². The monoisotopic (exact) mass is 304 g/mol. The number of thiophene rings is 1. The second-order valence-corrected chi connectivity index (χ2v) is 7.03. The summed E-state index contributed by atoms with van der Waals surface area (Å²) in [7, 11) is 4.25. The second-order valence-electron chi connectivity index (χ2n) is 5.17. The Morgan fingerprint density at radius 3 is 2.50 bits per heavy atom. The van der Waals surface area contributed by atoms with Crippen LogP contribution >= 0.6 is 27.3 Å². The van der Waals surface area contributed by atoms with Crippen LogP contribution in [-0.4, -0.2) is 24.5 Å². The molecule has 1 rings (SSSR count). The van der Waals surface area contributed by atoms with Gasteiger partial charge in [-0.15, -0.1) is 11.3 Å². The Kier molecular flexibility index (Phi) is 4.98. The molecule has 4 heteroatoms. The molecule has 0 fully saturated rings. The largest absolute Gasteiger partial charge is 0.326 e. The van der Waals surface area contributed by atoms with Crippen LogP contribution in [0.1, 0.15) is 37.6 Å². The van der Waals surface area contributed by atoms with Gasteiger partial charge in [-0.05, 0) is 62.8 Å². The van der Waals surface area contributed by atoms with Crippen LogP contribution in [-0.2, 0) is 0 Å². The van der Waals surface area contributed by atoms with Gasteiger partial charge < -0.3 is 10.6 Å².